The fourth-order valence-electron chi connectivity index (χ4n) is 5.69. The van der Waals surface area contributed by atoms with Crippen molar-refractivity contribution in [3.8, 4) is 0 Å². The van der Waals surface area contributed by atoms with Crippen molar-refractivity contribution in [1.29, 1.82) is 0 Å². The number of hydrogen-bond donors (Lipinski definition) is 2. The summed E-state index contributed by atoms with van der Waals surface area (Å²) in [5.74, 6) is -0.213. The van der Waals surface area contributed by atoms with Crippen molar-refractivity contribution in [2.75, 3.05) is 40.9 Å². The number of phosphoric acid groups is 1. The summed E-state index contributed by atoms with van der Waals surface area (Å²) in [6.45, 7) is 4.57. The molecule has 0 radical (unpaired) electrons. The molecule has 1 amide bonds. The Hall–Kier alpha value is -1.28. The van der Waals surface area contributed by atoms with Crippen LogP contribution in [0.4, 0.5) is 0 Å². The summed E-state index contributed by atoms with van der Waals surface area (Å²) in [7, 11) is 1.24. The van der Waals surface area contributed by atoms with Gasteiger partial charge in [-0.05, 0) is 57.8 Å². The van der Waals surface area contributed by atoms with Crippen LogP contribution < -0.4 is 10.2 Å². The standard InChI is InChI=1S/C42H81N2O6P/c1-6-8-10-12-14-16-18-19-20-21-22-23-24-25-26-28-30-32-34-36-42(46)43-40(39-50-51(47,48)49-38-37-44(3,4)5)41(45)35-33-31-29-27-17-15-13-11-9-7-2/h17,19-20,27,33,35,40-41,45H,6-16,18,21-26,28-32,34,36-39H2,1-5H3,(H-,43,46,47,48)/b20-19+,27-17+,35-33+/t40-,41+/m0/s1. The van der Waals surface area contributed by atoms with E-state index in [1.165, 1.54) is 116 Å². The molecule has 0 saturated carbocycles. The number of unbranched alkanes of at least 4 members (excludes halogenated alkanes) is 20. The maximum Gasteiger partial charge on any atom is 0.268 e. The Morgan fingerprint density at radius 1 is 0.667 bits per heavy atom. The molecule has 9 heteroatoms. The van der Waals surface area contributed by atoms with Crippen LogP contribution in [0.1, 0.15) is 174 Å². The number of phosphoric ester groups is 1. The van der Waals surface area contributed by atoms with Gasteiger partial charge in [-0.15, -0.1) is 0 Å². The summed E-state index contributed by atoms with van der Waals surface area (Å²) in [5, 5.41) is 13.7. The van der Waals surface area contributed by atoms with Gasteiger partial charge in [0.1, 0.15) is 13.2 Å². The number of carbonyl (C=O) groups excluding carboxylic acids is 1. The number of hydrogen-bond acceptors (Lipinski definition) is 6. The maximum absolute atomic E-state index is 12.8. The lowest BCUT2D eigenvalue weighted by atomic mass is 10.0. The van der Waals surface area contributed by atoms with E-state index in [1.54, 1.807) is 6.08 Å². The monoisotopic (exact) mass is 741 g/mol. The molecule has 0 aromatic carbocycles. The van der Waals surface area contributed by atoms with E-state index >= 15 is 0 Å². The van der Waals surface area contributed by atoms with E-state index in [9.17, 15) is 19.4 Å². The number of likely N-dealkylation sites (N-methyl/N-ethyl adjacent to an activating group) is 1. The first kappa shape index (κ1) is 49.7. The lowest BCUT2D eigenvalue weighted by molar-refractivity contribution is -0.870. The van der Waals surface area contributed by atoms with Crippen molar-refractivity contribution in [1.82, 2.24) is 5.32 Å². The van der Waals surface area contributed by atoms with Crippen LogP contribution in [0.25, 0.3) is 0 Å². The third-order valence-electron chi connectivity index (χ3n) is 9.07. The number of carbonyl (C=O) groups is 1. The highest BCUT2D eigenvalue weighted by Crippen LogP contribution is 2.38. The molecule has 0 spiro atoms. The number of amides is 1. The molecule has 0 aliphatic carbocycles. The predicted molar refractivity (Wildman–Crippen MR) is 215 cm³/mol. The van der Waals surface area contributed by atoms with Crippen LogP contribution in [0.15, 0.2) is 36.5 Å². The molecule has 0 aliphatic heterocycles. The van der Waals surface area contributed by atoms with Crippen molar-refractivity contribution in [2.45, 2.75) is 187 Å². The van der Waals surface area contributed by atoms with Crippen molar-refractivity contribution >= 4 is 13.7 Å². The highest BCUT2D eigenvalue weighted by molar-refractivity contribution is 7.45. The first-order valence-electron chi connectivity index (χ1n) is 20.9. The van der Waals surface area contributed by atoms with Gasteiger partial charge in [0, 0.05) is 6.42 Å². The average Bonchev–Trinajstić information content (AvgIpc) is 3.07. The summed E-state index contributed by atoms with van der Waals surface area (Å²) in [4.78, 5) is 25.2. The number of allylic oxidation sites excluding steroid dienone is 5. The highest BCUT2D eigenvalue weighted by atomic mass is 31.2. The second-order valence-electron chi connectivity index (χ2n) is 15.3. The zero-order valence-electron chi connectivity index (χ0n) is 33.8. The summed E-state index contributed by atoms with van der Waals surface area (Å²) in [5.41, 5.74) is 0. The van der Waals surface area contributed by atoms with Crippen LogP contribution in [0.2, 0.25) is 0 Å². The van der Waals surface area contributed by atoms with Crippen LogP contribution in [0, 0.1) is 0 Å². The van der Waals surface area contributed by atoms with Gasteiger partial charge in [0.25, 0.3) is 7.82 Å². The normalized spacial score (nSPS) is 14.9. The minimum Gasteiger partial charge on any atom is -0.756 e. The van der Waals surface area contributed by atoms with Crippen LogP contribution >= 0.6 is 7.82 Å². The quantitative estimate of drug-likeness (QED) is 0.0284. The van der Waals surface area contributed by atoms with Crippen molar-refractivity contribution in [2.24, 2.45) is 0 Å². The zero-order valence-corrected chi connectivity index (χ0v) is 34.7. The molecule has 0 fully saturated rings. The van der Waals surface area contributed by atoms with Crippen molar-refractivity contribution < 1.29 is 32.9 Å². The van der Waals surface area contributed by atoms with Crippen LogP contribution in [-0.4, -0.2) is 68.5 Å². The van der Waals surface area contributed by atoms with E-state index in [0.717, 1.165) is 38.5 Å². The largest absolute Gasteiger partial charge is 0.756 e. The predicted octanol–water partition coefficient (Wildman–Crippen LogP) is 10.5. The number of quaternary nitrogens is 1. The second-order valence-corrected chi connectivity index (χ2v) is 16.7. The Kier molecular flexibility index (Phi) is 33.6. The summed E-state index contributed by atoms with van der Waals surface area (Å²) < 4.78 is 23.1. The van der Waals surface area contributed by atoms with Gasteiger partial charge >= 0.3 is 0 Å². The van der Waals surface area contributed by atoms with Crippen LogP contribution in [0.3, 0.4) is 0 Å². The first-order chi connectivity index (χ1) is 24.5. The van der Waals surface area contributed by atoms with Crippen molar-refractivity contribution in [3.05, 3.63) is 36.5 Å². The molecular weight excluding hydrogens is 659 g/mol. The molecule has 0 rings (SSSR count). The Bertz CT molecular complexity index is 933. The number of rotatable bonds is 37. The first-order valence-corrected chi connectivity index (χ1v) is 22.3. The lowest BCUT2D eigenvalue weighted by Gasteiger charge is -2.29. The van der Waals surface area contributed by atoms with Gasteiger partial charge in [-0.25, -0.2) is 0 Å². The zero-order chi connectivity index (χ0) is 37.9. The van der Waals surface area contributed by atoms with Gasteiger partial charge in [-0.1, -0.05) is 147 Å². The maximum atomic E-state index is 12.8. The lowest BCUT2D eigenvalue weighted by Crippen LogP contribution is -2.45. The fraction of sp³-hybridized carbons (Fsp3) is 0.833. The molecule has 0 heterocycles. The van der Waals surface area contributed by atoms with Gasteiger partial charge in [0.05, 0.1) is 39.9 Å². The topological polar surface area (TPSA) is 108 Å². The van der Waals surface area contributed by atoms with E-state index in [1.807, 2.05) is 27.2 Å². The number of aliphatic hydroxyl groups excluding tert-OH is 1. The van der Waals surface area contributed by atoms with Gasteiger partial charge in [-0.2, -0.15) is 0 Å². The molecule has 0 saturated heterocycles. The highest BCUT2D eigenvalue weighted by Gasteiger charge is 2.23. The summed E-state index contributed by atoms with van der Waals surface area (Å²) in [6.07, 6.45) is 40.5. The Morgan fingerprint density at radius 3 is 1.61 bits per heavy atom. The smallest absolute Gasteiger partial charge is 0.268 e. The average molecular weight is 741 g/mol. The fourth-order valence-corrected chi connectivity index (χ4v) is 6.41. The molecule has 0 bridgehead atoms. The van der Waals surface area contributed by atoms with Gasteiger partial charge in [0.2, 0.25) is 5.91 Å². The minimum atomic E-state index is -4.59. The third-order valence-corrected chi connectivity index (χ3v) is 10.0. The minimum absolute atomic E-state index is 0.00706. The van der Waals surface area contributed by atoms with Crippen LogP contribution in [0.5, 0.6) is 0 Å². The van der Waals surface area contributed by atoms with Gasteiger partial charge < -0.3 is 28.8 Å². The molecule has 0 aromatic heterocycles. The van der Waals surface area contributed by atoms with Crippen LogP contribution in [-0.2, 0) is 18.4 Å². The van der Waals surface area contributed by atoms with E-state index < -0.39 is 26.6 Å². The molecule has 300 valence electrons. The number of aliphatic hydroxyl groups is 1. The molecular formula is C42H81N2O6P. The number of nitrogens with one attached hydrogen (secondary N) is 1. The molecule has 3 atom stereocenters. The second kappa shape index (κ2) is 34.5. The summed E-state index contributed by atoms with van der Waals surface area (Å²) >= 11 is 0. The third kappa shape index (κ3) is 36.9. The Labute approximate surface area is 315 Å². The Balaban J connectivity index is 4.39. The van der Waals surface area contributed by atoms with E-state index in [-0.39, 0.29) is 12.5 Å². The molecule has 1 unspecified atom stereocenters. The van der Waals surface area contributed by atoms with E-state index in [0.29, 0.717) is 17.4 Å². The molecule has 8 nitrogen and oxygen atoms in total. The molecule has 2 N–H and O–H groups in total. The molecule has 0 aromatic rings. The molecule has 0 aliphatic rings. The summed E-state index contributed by atoms with van der Waals surface area (Å²) in [6, 6.07) is -0.900. The molecule has 51 heavy (non-hydrogen) atoms. The van der Waals surface area contributed by atoms with Crippen molar-refractivity contribution in [3.63, 3.8) is 0 Å². The SMILES string of the molecule is CCCCCC/C=C/CC/C=C/[C@@H](O)[C@H](COP(=O)([O-])OCC[N+](C)(C)C)NC(=O)CCCCCCCCCCC/C=C/CCCCCCCC. The van der Waals surface area contributed by atoms with E-state index in [2.05, 4.69) is 43.5 Å². The number of nitrogens with zero attached hydrogens (tertiary/aromatic N) is 1. The van der Waals surface area contributed by atoms with E-state index in [4.69, 9.17) is 9.05 Å². The van der Waals surface area contributed by atoms with Gasteiger partial charge in [-0.3, -0.25) is 9.36 Å². The van der Waals surface area contributed by atoms with Gasteiger partial charge in [0.15, 0.2) is 0 Å². The Morgan fingerprint density at radius 2 is 1.10 bits per heavy atom.